The van der Waals surface area contributed by atoms with Crippen LogP contribution in [0.2, 0.25) is 0 Å². The molecule has 3 rings (SSSR count). The molecule has 1 aromatic carbocycles. The van der Waals surface area contributed by atoms with Crippen LogP contribution in [0.1, 0.15) is 57.2 Å². The zero-order chi connectivity index (χ0) is 25.4. The first-order valence-corrected chi connectivity index (χ1v) is 11.3. The molecule has 1 aliphatic heterocycles. The number of rotatable bonds is 5. The van der Waals surface area contributed by atoms with E-state index in [2.05, 4.69) is 15.6 Å². The second kappa shape index (κ2) is 9.77. The quantitative estimate of drug-likeness (QED) is 0.644. The lowest BCUT2D eigenvalue weighted by atomic mass is 9.86. The maximum absolute atomic E-state index is 14.6. The first-order valence-electron chi connectivity index (χ1n) is 11.3. The number of nitrogens with zero attached hydrogens (tertiary/aromatic N) is 3. The van der Waals surface area contributed by atoms with Gasteiger partial charge in [0.05, 0.1) is 11.3 Å². The predicted octanol–water partition coefficient (Wildman–Crippen LogP) is 3.47. The summed E-state index contributed by atoms with van der Waals surface area (Å²) >= 11 is 0. The topological polar surface area (TPSA) is 79.3 Å². The van der Waals surface area contributed by atoms with Crippen LogP contribution in [0.25, 0.3) is 11.4 Å². The molecule has 34 heavy (non-hydrogen) atoms. The van der Waals surface area contributed by atoms with Crippen molar-refractivity contribution in [2.45, 2.75) is 66.2 Å². The van der Waals surface area contributed by atoms with Gasteiger partial charge in [-0.1, -0.05) is 20.8 Å². The van der Waals surface area contributed by atoms with Gasteiger partial charge in [0.2, 0.25) is 5.91 Å². The van der Waals surface area contributed by atoms with Crippen molar-refractivity contribution in [1.82, 2.24) is 25.1 Å². The molecular weight excluding hydrogens is 447 g/mol. The molecule has 0 bridgehead atoms. The number of fused-ring (bicyclic) bond motifs is 1. The van der Waals surface area contributed by atoms with Crippen molar-refractivity contribution >= 4 is 11.8 Å². The molecule has 1 aliphatic rings. The maximum atomic E-state index is 14.6. The Bertz CT molecular complexity index is 1090. The number of hydrogen-bond acceptors (Lipinski definition) is 4. The van der Waals surface area contributed by atoms with Gasteiger partial charge >= 0.3 is 0 Å². The SMILES string of the molecule is CC(C)NC(=O)[C@@H](NC(=O)c1nc(-c2cc(F)c(F)cc2F)n2c1CN(C)CCC2)C(C)(C)C. The van der Waals surface area contributed by atoms with E-state index in [1.165, 1.54) is 0 Å². The summed E-state index contributed by atoms with van der Waals surface area (Å²) in [6.45, 7) is 10.7. The summed E-state index contributed by atoms with van der Waals surface area (Å²) in [4.78, 5) is 32.6. The summed E-state index contributed by atoms with van der Waals surface area (Å²) in [7, 11) is 1.89. The lowest BCUT2D eigenvalue weighted by Crippen LogP contribution is -2.54. The summed E-state index contributed by atoms with van der Waals surface area (Å²) in [6.07, 6.45) is 0.695. The number of benzene rings is 1. The number of imidazole rings is 1. The van der Waals surface area contributed by atoms with E-state index in [9.17, 15) is 22.8 Å². The van der Waals surface area contributed by atoms with E-state index in [-0.39, 0.29) is 29.0 Å². The van der Waals surface area contributed by atoms with Crippen molar-refractivity contribution in [3.05, 3.63) is 41.0 Å². The number of aromatic nitrogens is 2. The van der Waals surface area contributed by atoms with Crippen LogP contribution >= 0.6 is 0 Å². The number of carbonyl (C=O) groups excluding carboxylic acids is 2. The van der Waals surface area contributed by atoms with Gasteiger partial charge in [0, 0.05) is 25.2 Å². The Balaban J connectivity index is 2.08. The summed E-state index contributed by atoms with van der Waals surface area (Å²) in [5.74, 6) is -4.35. The summed E-state index contributed by atoms with van der Waals surface area (Å²) in [6, 6.07) is 0.257. The molecule has 10 heteroatoms. The fraction of sp³-hybridized carbons (Fsp3) is 0.542. The van der Waals surface area contributed by atoms with E-state index in [1.807, 2.05) is 46.6 Å². The van der Waals surface area contributed by atoms with E-state index in [1.54, 1.807) is 4.57 Å². The summed E-state index contributed by atoms with van der Waals surface area (Å²) < 4.78 is 43.8. The minimum atomic E-state index is -1.30. The van der Waals surface area contributed by atoms with Crippen LogP contribution in [0.15, 0.2) is 12.1 Å². The van der Waals surface area contributed by atoms with Gasteiger partial charge in [0.1, 0.15) is 17.7 Å². The van der Waals surface area contributed by atoms with Gasteiger partial charge in [-0.25, -0.2) is 18.2 Å². The Morgan fingerprint density at radius 3 is 2.29 bits per heavy atom. The zero-order valence-corrected chi connectivity index (χ0v) is 20.4. The molecule has 0 spiro atoms. The average Bonchev–Trinajstić information content (AvgIpc) is 2.93. The minimum Gasteiger partial charge on any atom is -0.352 e. The van der Waals surface area contributed by atoms with Crippen molar-refractivity contribution in [3.63, 3.8) is 0 Å². The average molecular weight is 480 g/mol. The molecule has 7 nitrogen and oxygen atoms in total. The van der Waals surface area contributed by atoms with Gasteiger partial charge in [-0.15, -0.1) is 0 Å². The highest BCUT2D eigenvalue weighted by atomic mass is 19.2. The standard InChI is InChI=1S/C24H32F3N5O2/c1-13(2)28-23(34)20(24(3,4)5)30-22(33)19-18-12-31(6)8-7-9-32(18)21(29-19)14-10-16(26)17(27)11-15(14)25/h10-11,13,20H,7-9,12H2,1-6H3,(H,28,34)(H,30,33)/t20-/m1/s1. The molecule has 2 amide bonds. The van der Waals surface area contributed by atoms with Crippen LogP contribution in [-0.2, 0) is 17.9 Å². The highest BCUT2D eigenvalue weighted by Crippen LogP contribution is 2.30. The molecule has 0 unspecified atom stereocenters. The van der Waals surface area contributed by atoms with Gasteiger partial charge in [-0.3, -0.25) is 9.59 Å². The van der Waals surface area contributed by atoms with Crippen LogP contribution in [0.3, 0.4) is 0 Å². The van der Waals surface area contributed by atoms with Crippen molar-refractivity contribution < 1.29 is 22.8 Å². The van der Waals surface area contributed by atoms with Gasteiger partial charge < -0.3 is 20.1 Å². The molecule has 2 aromatic rings. The number of carbonyl (C=O) groups is 2. The Morgan fingerprint density at radius 2 is 1.68 bits per heavy atom. The van der Waals surface area contributed by atoms with E-state index < -0.39 is 34.8 Å². The minimum absolute atomic E-state index is 0.0273. The van der Waals surface area contributed by atoms with Crippen LogP contribution in [0.5, 0.6) is 0 Å². The van der Waals surface area contributed by atoms with Crippen molar-refractivity contribution in [2.75, 3.05) is 13.6 Å². The largest absolute Gasteiger partial charge is 0.352 e. The lowest BCUT2D eigenvalue weighted by molar-refractivity contribution is -0.125. The molecular formula is C24H32F3N5O2. The van der Waals surface area contributed by atoms with E-state index in [4.69, 9.17) is 0 Å². The predicted molar refractivity (Wildman–Crippen MR) is 122 cm³/mol. The zero-order valence-electron chi connectivity index (χ0n) is 20.4. The van der Waals surface area contributed by atoms with Gasteiger partial charge in [-0.05, 0) is 45.3 Å². The molecule has 0 aliphatic carbocycles. The number of halogens is 3. The Hall–Kier alpha value is -2.88. The molecule has 2 heterocycles. The fourth-order valence-electron chi connectivity index (χ4n) is 4.05. The summed E-state index contributed by atoms with van der Waals surface area (Å²) in [5, 5.41) is 5.61. The van der Waals surface area contributed by atoms with Crippen LogP contribution in [0, 0.1) is 22.9 Å². The molecule has 0 saturated heterocycles. The normalized spacial score (nSPS) is 15.6. The highest BCUT2D eigenvalue weighted by Gasteiger charge is 2.35. The van der Waals surface area contributed by atoms with E-state index >= 15 is 0 Å². The first kappa shape index (κ1) is 25.7. The van der Waals surface area contributed by atoms with E-state index in [0.717, 1.165) is 12.6 Å². The third-order valence-electron chi connectivity index (χ3n) is 5.71. The molecule has 186 valence electrons. The second-order valence-corrected chi connectivity index (χ2v) is 10.2. The lowest BCUT2D eigenvalue weighted by Gasteiger charge is -2.31. The van der Waals surface area contributed by atoms with Crippen LogP contribution in [0.4, 0.5) is 13.2 Å². The summed E-state index contributed by atoms with van der Waals surface area (Å²) in [5.41, 5.74) is -0.279. The fourth-order valence-corrected chi connectivity index (χ4v) is 4.05. The monoisotopic (exact) mass is 479 g/mol. The molecule has 1 aromatic heterocycles. The maximum Gasteiger partial charge on any atom is 0.272 e. The third kappa shape index (κ3) is 5.43. The first-order chi connectivity index (χ1) is 15.8. The Morgan fingerprint density at radius 1 is 1.03 bits per heavy atom. The van der Waals surface area contributed by atoms with Gasteiger partial charge in [0.25, 0.3) is 5.91 Å². The van der Waals surface area contributed by atoms with Crippen LogP contribution in [-0.4, -0.2) is 51.9 Å². The van der Waals surface area contributed by atoms with Crippen molar-refractivity contribution in [3.8, 4) is 11.4 Å². The van der Waals surface area contributed by atoms with Gasteiger partial charge in [0.15, 0.2) is 17.3 Å². The Labute approximate surface area is 197 Å². The molecule has 0 saturated carbocycles. The smallest absolute Gasteiger partial charge is 0.272 e. The third-order valence-corrected chi connectivity index (χ3v) is 5.71. The molecule has 2 N–H and O–H groups in total. The number of hydrogen-bond donors (Lipinski definition) is 2. The van der Waals surface area contributed by atoms with Crippen molar-refractivity contribution in [1.29, 1.82) is 0 Å². The molecule has 0 fully saturated rings. The highest BCUT2D eigenvalue weighted by molar-refractivity contribution is 5.98. The van der Waals surface area contributed by atoms with E-state index in [0.29, 0.717) is 31.3 Å². The molecule has 1 atom stereocenters. The number of amides is 2. The van der Waals surface area contributed by atoms with Gasteiger partial charge in [-0.2, -0.15) is 0 Å². The second-order valence-electron chi connectivity index (χ2n) is 10.2. The van der Waals surface area contributed by atoms with Crippen LogP contribution < -0.4 is 10.6 Å². The van der Waals surface area contributed by atoms with Crippen molar-refractivity contribution in [2.24, 2.45) is 5.41 Å². The Kier molecular flexibility index (Phi) is 7.40. The molecule has 0 radical (unpaired) electrons. The number of nitrogens with one attached hydrogen (secondary N) is 2.